The topological polar surface area (TPSA) is 29.3 Å². The average molecular weight is 144 g/mol. The maximum Gasteiger partial charge on any atom is 0.0772 e. The number of likely N-dealkylation sites (tertiary alicyclic amines) is 1. The van der Waals surface area contributed by atoms with Crippen LogP contribution >= 0.6 is 12.2 Å². The zero-order chi connectivity index (χ0) is 6.85. The molecule has 0 aromatic heterocycles. The summed E-state index contributed by atoms with van der Waals surface area (Å²) in [5, 5.41) is 0. The second kappa shape index (κ2) is 2.62. The molecule has 0 aromatic rings. The number of hydrogen-bond acceptors (Lipinski definition) is 2. The number of hydrogen-bond donors (Lipinski definition) is 1. The van der Waals surface area contributed by atoms with Crippen LogP contribution in [-0.4, -0.2) is 30.0 Å². The van der Waals surface area contributed by atoms with E-state index in [1.54, 1.807) is 0 Å². The van der Waals surface area contributed by atoms with E-state index >= 15 is 0 Å². The maximum atomic E-state index is 5.46. The number of nitrogens with two attached hydrogens (primary N) is 1. The second-order valence-corrected chi connectivity index (χ2v) is 3.12. The lowest BCUT2D eigenvalue weighted by Gasteiger charge is -2.06. The average Bonchev–Trinajstić information content (AvgIpc) is 2.14. The summed E-state index contributed by atoms with van der Waals surface area (Å²) >= 11 is 4.86. The molecule has 0 radical (unpaired) electrons. The van der Waals surface area contributed by atoms with Crippen LogP contribution in [0.15, 0.2) is 0 Å². The molecule has 1 atom stereocenters. The minimum atomic E-state index is 0.477. The van der Waals surface area contributed by atoms with E-state index in [0.29, 0.717) is 10.9 Å². The van der Waals surface area contributed by atoms with Gasteiger partial charge in [0.05, 0.1) is 4.99 Å². The van der Waals surface area contributed by atoms with Crippen LogP contribution in [0.1, 0.15) is 6.42 Å². The van der Waals surface area contributed by atoms with Crippen molar-refractivity contribution in [1.82, 2.24) is 4.90 Å². The van der Waals surface area contributed by atoms with Crippen molar-refractivity contribution in [1.29, 1.82) is 0 Å². The van der Waals surface area contributed by atoms with E-state index in [4.69, 9.17) is 18.0 Å². The molecule has 1 heterocycles. The Labute approximate surface area is 61.0 Å². The van der Waals surface area contributed by atoms with E-state index in [9.17, 15) is 0 Å². The van der Waals surface area contributed by atoms with Gasteiger partial charge in [-0.15, -0.1) is 0 Å². The van der Waals surface area contributed by atoms with E-state index in [-0.39, 0.29) is 0 Å². The second-order valence-electron chi connectivity index (χ2n) is 2.65. The third-order valence-electron chi connectivity index (χ3n) is 1.79. The van der Waals surface area contributed by atoms with Gasteiger partial charge in [-0.3, -0.25) is 0 Å². The Morgan fingerprint density at radius 1 is 1.78 bits per heavy atom. The first-order valence-electron chi connectivity index (χ1n) is 3.18. The molecule has 0 amide bonds. The molecule has 1 fully saturated rings. The summed E-state index contributed by atoms with van der Waals surface area (Å²) in [7, 11) is 2.10. The summed E-state index contributed by atoms with van der Waals surface area (Å²) < 4.78 is 0. The van der Waals surface area contributed by atoms with Crippen molar-refractivity contribution in [2.24, 2.45) is 11.7 Å². The number of nitrogens with zero attached hydrogens (tertiary/aromatic N) is 1. The van der Waals surface area contributed by atoms with Crippen LogP contribution < -0.4 is 5.73 Å². The first-order valence-corrected chi connectivity index (χ1v) is 3.59. The van der Waals surface area contributed by atoms with Crippen LogP contribution in [0.3, 0.4) is 0 Å². The molecule has 1 aliphatic rings. The van der Waals surface area contributed by atoms with Crippen molar-refractivity contribution in [3.05, 3.63) is 0 Å². The minimum absolute atomic E-state index is 0.477. The molecule has 2 nitrogen and oxygen atoms in total. The monoisotopic (exact) mass is 144 g/mol. The van der Waals surface area contributed by atoms with Crippen LogP contribution in [0.5, 0.6) is 0 Å². The first-order chi connectivity index (χ1) is 4.20. The van der Waals surface area contributed by atoms with E-state index in [1.165, 1.54) is 0 Å². The zero-order valence-corrected chi connectivity index (χ0v) is 6.45. The van der Waals surface area contributed by atoms with Crippen LogP contribution in [0.2, 0.25) is 0 Å². The standard InChI is InChI=1S/C6H12N2S/c1-8-3-2-5(4-8)6(7)9/h5H,2-4H2,1H3,(H2,7,9). The van der Waals surface area contributed by atoms with Crippen molar-refractivity contribution >= 4 is 17.2 Å². The van der Waals surface area contributed by atoms with Crippen molar-refractivity contribution in [2.75, 3.05) is 20.1 Å². The van der Waals surface area contributed by atoms with Crippen LogP contribution in [-0.2, 0) is 0 Å². The van der Waals surface area contributed by atoms with E-state index in [2.05, 4.69) is 11.9 Å². The highest BCUT2D eigenvalue weighted by Gasteiger charge is 2.20. The number of thiocarbonyl (C=S) groups is 1. The summed E-state index contributed by atoms with van der Waals surface area (Å²) in [5.41, 5.74) is 5.46. The molecular weight excluding hydrogens is 132 g/mol. The van der Waals surface area contributed by atoms with E-state index in [1.807, 2.05) is 0 Å². The fourth-order valence-electron chi connectivity index (χ4n) is 1.17. The fraction of sp³-hybridized carbons (Fsp3) is 0.833. The molecule has 0 saturated carbocycles. The predicted octanol–water partition coefficient (Wildman–Crippen LogP) is 0.224. The Morgan fingerprint density at radius 2 is 2.44 bits per heavy atom. The van der Waals surface area contributed by atoms with Gasteiger partial charge in [0.25, 0.3) is 0 Å². The van der Waals surface area contributed by atoms with E-state index < -0.39 is 0 Å². The molecule has 1 aliphatic heterocycles. The molecule has 1 rings (SSSR count). The molecule has 0 bridgehead atoms. The Kier molecular flexibility index (Phi) is 2.03. The Hall–Kier alpha value is -0.150. The van der Waals surface area contributed by atoms with E-state index in [0.717, 1.165) is 19.5 Å². The van der Waals surface area contributed by atoms with Crippen molar-refractivity contribution in [2.45, 2.75) is 6.42 Å². The SMILES string of the molecule is CN1CCC(C(N)=S)C1. The highest BCUT2D eigenvalue weighted by atomic mass is 32.1. The summed E-state index contributed by atoms with van der Waals surface area (Å²) in [6, 6.07) is 0. The quantitative estimate of drug-likeness (QED) is 0.534. The minimum Gasteiger partial charge on any atom is -0.393 e. The lowest BCUT2D eigenvalue weighted by Crippen LogP contribution is -2.23. The molecule has 0 spiro atoms. The third kappa shape index (κ3) is 1.63. The third-order valence-corrected chi connectivity index (χ3v) is 2.13. The fourth-order valence-corrected chi connectivity index (χ4v) is 1.36. The maximum absolute atomic E-state index is 5.46. The molecule has 1 saturated heterocycles. The molecule has 2 N–H and O–H groups in total. The van der Waals surface area contributed by atoms with Crippen molar-refractivity contribution in [3.63, 3.8) is 0 Å². The molecule has 52 valence electrons. The van der Waals surface area contributed by atoms with Gasteiger partial charge in [0.2, 0.25) is 0 Å². The van der Waals surface area contributed by atoms with Gasteiger partial charge >= 0.3 is 0 Å². The summed E-state index contributed by atoms with van der Waals surface area (Å²) in [6.07, 6.45) is 1.14. The van der Waals surface area contributed by atoms with Crippen molar-refractivity contribution in [3.8, 4) is 0 Å². The van der Waals surface area contributed by atoms with Gasteiger partial charge in [0.15, 0.2) is 0 Å². The van der Waals surface area contributed by atoms with Gasteiger partial charge in [0.1, 0.15) is 0 Å². The van der Waals surface area contributed by atoms with Gasteiger partial charge < -0.3 is 10.6 Å². The lowest BCUT2D eigenvalue weighted by molar-refractivity contribution is 0.411. The normalized spacial score (nSPS) is 28.8. The summed E-state index contributed by atoms with van der Waals surface area (Å²) in [4.78, 5) is 2.93. The van der Waals surface area contributed by atoms with Gasteiger partial charge in [-0.05, 0) is 20.0 Å². The lowest BCUT2D eigenvalue weighted by atomic mass is 10.1. The Balaban J connectivity index is 2.39. The van der Waals surface area contributed by atoms with Gasteiger partial charge in [-0.1, -0.05) is 12.2 Å². The first kappa shape index (κ1) is 6.96. The zero-order valence-electron chi connectivity index (χ0n) is 5.63. The highest BCUT2D eigenvalue weighted by Crippen LogP contribution is 2.13. The Bertz CT molecular complexity index is 124. The van der Waals surface area contributed by atoms with Crippen LogP contribution in [0, 0.1) is 5.92 Å². The Morgan fingerprint density at radius 3 is 2.67 bits per heavy atom. The molecule has 1 unspecified atom stereocenters. The largest absolute Gasteiger partial charge is 0.393 e. The highest BCUT2D eigenvalue weighted by molar-refractivity contribution is 7.80. The molecule has 0 aliphatic carbocycles. The molecule has 0 aromatic carbocycles. The number of rotatable bonds is 1. The molecule has 9 heavy (non-hydrogen) atoms. The van der Waals surface area contributed by atoms with Gasteiger partial charge in [-0.2, -0.15) is 0 Å². The summed E-state index contributed by atoms with van der Waals surface area (Å²) in [5.74, 6) is 0.477. The summed E-state index contributed by atoms with van der Waals surface area (Å²) in [6.45, 7) is 2.19. The molecular formula is C6H12N2S. The predicted molar refractivity (Wildman–Crippen MR) is 42.4 cm³/mol. The van der Waals surface area contributed by atoms with Crippen LogP contribution in [0.4, 0.5) is 0 Å². The smallest absolute Gasteiger partial charge is 0.0772 e. The van der Waals surface area contributed by atoms with Gasteiger partial charge in [-0.25, -0.2) is 0 Å². The van der Waals surface area contributed by atoms with Crippen LogP contribution in [0.25, 0.3) is 0 Å². The van der Waals surface area contributed by atoms with Gasteiger partial charge in [0, 0.05) is 12.5 Å². The molecule has 3 heteroatoms. The van der Waals surface area contributed by atoms with Crippen molar-refractivity contribution < 1.29 is 0 Å².